The summed E-state index contributed by atoms with van der Waals surface area (Å²) in [6.07, 6.45) is 0.760. The average Bonchev–Trinajstić information content (AvgIpc) is 2.90. The summed E-state index contributed by atoms with van der Waals surface area (Å²) in [6, 6.07) is 34.4. The van der Waals surface area contributed by atoms with E-state index in [4.69, 9.17) is 0 Å². The van der Waals surface area contributed by atoms with Crippen molar-refractivity contribution in [1.82, 2.24) is 0 Å². The predicted molar refractivity (Wildman–Crippen MR) is 141 cm³/mol. The number of hydrogen-bond acceptors (Lipinski definition) is 3. The van der Waals surface area contributed by atoms with E-state index in [-0.39, 0.29) is 23.9 Å². The van der Waals surface area contributed by atoms with Gasteiger partial charge in [-0.15, -0.1) is 0 Å². The number of benzene rings is 4. The van der Waals surface area contributed by atoms with Crippen LogP contribution < -0.4 is 15.5 Å². The second kappa shape index (κ2) is 9.85. The molecule has 0 radical (unpaired) electrons. The molecule has 1 aliphatic rings. The zero-order chi connectivity index (χ0) is 24.2. The van der Waals surface area contributed by atoms with E-state index in [0.29, 0.717) is 16.8 Å². The maximum Gasteiger partial charge on any atom is 0.260 e. The number of anilines is 3. The summed E-state index contributed by atoms with van der Waals surface area (Å²) in [6.45, 7) is 2.07. The zero-order valence-corrected chi connectivity index (χ0v) is 19.5. The minimum atomic E-state index is -0.245. The molecule has 0 fully saturated rings. The zero-order valence-electron chi connectivity index (χ0n) is 19.5. The highest BCUT2D eigenvalue weighted by Gasteiger charge is 2.34. The van der Waals surface area contributed by atoms with Gasteiger partial charge in [0.2, 0.25) is 0 Å². The van der Waals surface area contributed by atoms with Crippen LogP contribution in [0.3, 0.4) is 0 Å². The van der Waals surface area contributed by atoms with Crippen molar-refractivity contribution in [2.24, 2.45) is 0 Å². The van der Waals surface area contributed by atoms with Crippen molar-refractivity contribution in [1.29, 1.82) is 0 Å². The third-order valence-electron chi connectivity index (χ3n) is 6.36. The van der Waals surface area contributed by atoms with Crippen LogP contribution in [0.2, 0.25) is 0 Å². The summed E-state index contributed by atoms with van der Waals surface area (Å²) in [5, 5.41) is 6.56. The number of nitrogens with zero attached hydrogens (tertiary/aromatic N) is 1. The largest absolute Gasteiger partial charge is 0.378 e. The van der Waals surface area contributed by atoms with E-state index in [1.807, 2.05) is 71.6 Å². The maximum atomic E-state index is 13.9. The van der Waals surface area contributed by atoms with Gasteiger partial charge in [-0.3, -0.25) is 9.59 Å². The first kappa shape index (κ1) is 22.4. The Bertz CT molecular complexity index is 1340. The quantitative estimate of drug-likeness (QED) is 0.355. The molecule has 2 N–H and O–H groups in total. The number of para-hydroxylation sites is 3. The molecule has 5 heteroatoms. The number of rotatable bonds is 5. The number of carbonyl (C=O) groups is 2. The molecule has 0 aromatic heterocycles. The Morgan fingerprint density at radius 3 is 2.17 bits per heavy atom. The lowest BCUT2D eigenvalue weighted by molar-refractivity contribution is 0.0975. The number of carbonyl (C=O) groups excluding carboxylic acids is 2. The summed E-state index contributed by atoms with van der Waals surface area (Å²) in [5.41, 5.74) is 4.52. The van der Waals surface area contributed by atoms with Gasteiger partial charge in [-0.1, -0.05) is 66.7 Å². The maximum absolute atomic E-state index is 13.9. The van der Waals surface area contributed by atoms with Crippen molar-refractivity contribution in [3.05, 3.63) is 126 Å². The Labute approximate surface area is 205 Å². The van der Waals surface area contributed by atoms with Gasteiger partial charge in [-0.05, 0) is 61.4 Å². The van der Waals surface area contributed by atoms with Crippen LogP contribution in [0.25, 0.3) is 0 Å². The molecule has 0 spiro atoms. The van der Waals surface area contributed by atoms with Gasteiger partial charge >= 0.3 is 0 Å². The summed E-state index contributed by atoms with van der Waals surface area (Å²) in [7, 11) is 0. The third-order valence-corrected chi connectivity index (χ3v) is 6.36. The second-order valence-corrected chi connectivity index (χ2v) is 8.75. The first-order chi connectivity index (χ1) is 17.1. The number of nitrogens with one attached hydrogen (secondary N) is 2. The molecule has 0 bridgehead atoms. The molecule has 35 heavy (non-hydrogen) atoms. The fraction of sp³-hybridized carbons (Fsp3) is 0.133. The average molecular weight is 462 g/mol. The van der Waals surface area contributed by atoms with Gasteiger partial charge < -0.3 is 15.5 Å². The van der Waals surface area contributed by atoms with Crippen LogP contribution in [0.15, 0.2) is 109 Å². The van der Waals surface area contributed by atoms with Gasteiger partial charge in [-0.2, -0.15) is 0 Å². The topological polar surface area (TPSA) is 61.4 Å². The summed E-state index contributed by atoms with van der Waals surface area (Å²) >= 11 is 0. The molecule has 0 saturated carbocycles. The first-order valence-electron chi connectivity index (χ1n) is 11.8. The smallest absolute Gasteiger partial charge is 0.260 e. The normalized spacial score (nSPS) is 16.8. The monoisotopic (exact) mass is 461 g/mol. The fourth-order valence-electron chi connectivity index (χ4n) is 4.69. The Kier molecular flexibility index (Phi) is 6.31. The van der Waals surface area contributed by atoms with E-state index in [1.165, 1.54) is 0 Å². The molecular weight excluding hydrogens is 434 g/mol. The molecule has 1 heterocycles. The summed E-state index contributed by atoms with van der Waals surface area (Å²) in [4.78, 5) is 28.6. The Morgan fingerprint density at radius 1 is 0.771 bits per heavy atom. The van der Waals surface area contributed by atoms with E-state index >= 15 is 0 Å². The number of amides is 2. The molecule has 2 unspecified atom stereocenters. The second-order valence-electron chi connectivity index (χ2n) is 8.75. The SMILES string of the molecule is CC1CC(Nc2ccccc2)c2ccccc2N1C(=O)c1ccccc1NC(=O)c1ccccc1. The molecule has 4 aromatic rings. The molecule has 0 saturated heterocycles. The van der Waals surface area contributed by atoms with Crippen molar-refractivity contribution in [2.75, 3.05) is 15.5 Å². The van der Waals surface area contributed by atoms with Crippen LogP contribution in [-0.2, 0) is 0 Å². The molecule has 1 aliphatic heterocycles. The highest BCUT2D eigenvalue weighted by Crippen LogP contribution is 2.40. The highest BCUT2D eigenvalue weighted by molar-refractivity contribution is 6.14. The van der Waals surface area contributed by atoms with Crippen LogP contribution in [0, 0.1) is 0 Å². The standard InChI is InChI=1S/C30H27N3O2/c1-21-20-27(31-23-14-6-3-7-15-23)24-16-9-11-19-28(24)33(21)30(35)25-17-8-10-18-26(25)32-29(34)22-12-4-2-5-13-22/h2-19,21,27,31H,20H2,1H3,(H,32,34). The lowest BCUT2D eigenvalue weighted by Crippen LogP contribution is -2.44. The summed E-state index contributed by atoms with van der Waals surface area (Å²) in [5.74, 6) is -0.378. The molecule has 5 rings (SSSR count). The van der Waals surface area contributed by atoms with Crippen molar-refractivity contribution in [3.8, 4) is 0 Å². The van der Waals surface area contributed by atoms with Gasteiger partial charge in [0.15, 0.2) is 0 Å². The van der Waals surface area contributed by atoms with Crippen LogP contribution in [-0.4, -0.2) is 17.9 Å². The Morgan fingerprint density at radius 2 is 1.40 bits per heavy atom. The van der Waals surface area contributed by atoms with Gasteiger partial charge in [0.1, 0.15) is 0 Å². The van der Waals surface area contributed by atoms with Crippen molar-refractivity contribution in [3.63, 3.8) is 0 Å². The van der Waals surface area contributed by atoms with Gasteiger partial charge in [0.05, 0.1) is 17.3 Å². The van der Waals surface area contributed by atoms with Crippen LogP contribution in [0.1, 0.15) is 45.7 Å². The lowest BCUT2D eigenvalue weighted by Gasteiger charge is -2.40. The van der Waals surface area contributed by atoms with E-state index in [9.17, 15) is 9.59 Å². The predicted octanol–water partition coefficient (Wildman–Crippen LogP) is 6.53. The fourth-order valence-corrected chi connectivity index (χ4v) is 4.69. The van der Waals surface area contributed by atoms with Gasteiger partial charge in [0, 0.05) is 23.0 Å². The minimum absolute atomic E-state index is 0.0449. The van der Waals surface area contributed by atoms with Crippen molar-refractivity contribution in [2.45, 2.75) is 25.4 Å². The molecule has 5 nitrogen and oxygen atoms in total. The van der Waals surface area contributed by atoms with E-state index in [0.717, 1.165) is 23.4 Å². The molecule has 2 atom stereocenters. The van der Waals surface area contributed by atoms with E-state index < -0.39 is 0 Å². The minimum Gasteiger partial charge on any atom is -0.378 e. The molecule has 0 aliphatic carbocycles. The molecule has 174 valence electrons. The Hall–Kier alpha value is -4.38. The summed E-state index contributed by atoms with van der Waals surface area (Å²) < 4.78 is 0. The van der Waals surface area contributed by atoms with Crippen molar-refractivity contribution < 1.29 is 9.59 Å². The molecular formula is C30H27N3O2. The van der Waals surface area contributed by atoms with Gasteiger partial charge in [-0.25, -0.2) is 0 Å². The molecule has 2 amide bonds. The van der Waals surface area contributed by atoms with Gasteiger partial charge in [0.25, 0.3) is 11.8 Å². The molecule has 4 aromatic carbocycles. The Balaban J connectivity index is 1.45. The first-order valence-corrected chi connectivity index (χ1v) is 11.8. The van der Waals surface area contributed by atoms with Crippen molar-refractivity contribution >= 4 is 28.9 Å². The number of hydrogen-bond donors (Lipinski definition) is 2. The lowest BCUT2D eigenvalue weighted by atomic mass is 9.90. The van der Waals surface area contributed by atoms with E-state index in [1.54, 1.807) is 24.3 Å². The third kappa shape index (κ3) is 4.66. The highest BCUT2D eigenvalue weighted by atomic mass is 16.2. The number of fused-ring (bicyclic) bond motifs is 1. The van der Waals surface area contributed by atoms with Crippen LogP contribution >= 0.6 is 0 Å². The van der Waals surface area contributed by atoms with Crippen LogP contribution in [0.4, 0.5) is 17.1 Å². The van der Waals surface area contributed by atoms with E-state index in [2.05, 4.69) is 35.8 Å². The van der Waals surface area contributed by atoms with Crippen LogP contribution in [0.5, 0.6) is 0 Å².